The highest BCUT2D eigenvalue weighted by Crippen LogP contribution is 2.41. The molecule has 0 amide bonds. The fraction of sp³-hybridized carbons (Fsp3) is 0.333. The van der Waals surface area contributed by atoms with Crippen molar-refractivity contribution >= 4 is 10.0 Å². The number of rotatable bonds is 5. The molecule has 0 radical (unpaired) electrons. The van der Waals surface area contributed by atoms with E-state index in [-0.39, 0.29) is 4.90 Å². The zero-order chi connectivity index (χ0) is 18.9. The van der Waals surface area contributed by atoms with Crippen molar-refractivity contribution in [3.8, 4) is 11.5 Å². The summed E-state index contributed by atoms with van der Waals surface area (Å²) < 4.78 is 64.5. The van der Waals surface area contributed by atoms with Gasteiger partial charge in [-0.1, -0.05) is 6.07 Å². The monoisotopic (exact) mass is 383 g/mol. The molecular weight excluding hydrogens is 364 g/mol. The lowest BCUT2D eigenvalue weighted by atomic mass is 10.0. The zero-order valence-electron chi connectivity index (χ0n) is 14.4. The van der Waals surface area contributed by atoms with Gasteiger partial charge in [-0.05, 0) is 37.1 Å². The van der Waals surface area contributed by atoms with Crippen molar-refractivity contribution in [2.75, 3.05) is 20.8 Å². The molecule has 1 heterocycles. The van der Waals surface area contributed by atoms with Crippen molar-refractivity contribution in [3.63, 3.8) is 0 Å². The Balaban J connectivity index is 2.01. The molecule has 2 aromatic rings. The Morgan fingerprint density at radius 2 is 1.81 bits per heavy atom. The van der Waals surface area contributed by atoms with Crippen LogP contribution in [0.3, 0.4) is 0 Å². The van der Waals surface area contributed by atoms with Gasteiger partial charge in [0.25, 0.3) is 0 Å². The molecule has 0 saturated carbocycles. The predicted molar refractivity (Wildman–Crippen MR) is 91.8 cm³/mol. The predicted octanol–water partition coefficient (Wildman–Crippen LogP) is 3.51. The van der Waals surface area contributed by atoms with E-state index in [2.05, 4.69) is 0 Å². The Morgan fingerprint density at radius 3 is 2.46 bits per heavy atom. The van der Waals surface area contributed by atoms with E-state index < -0.39 is 27.7 Å². The first kappa shape index (κ1) is 18.6. The topological polar surface area (TPSA) is 55.8 Å². The van der Waals surface area contributed by atoms with E-state index in [1.807, 2.05) is 0 Å². The van der Waals surface area contributed by atoms with Gasteiger partial charge in [-0.2, -0.15) is 4.31 Å². The molecule has 0 aliphatic carbocycles. The largest absolute Gasteiger partial charge is 0.497 e. The summed E-state index contributed by atoms with van der Waals surface area (Å²) in [6.07, 6.45) is 1.26. The molecule has 1 fully saturated rings. The zero-order valence-corrected chi connectivity index (χ0v) is 15.2. The first-order valence-electron chi connectivity index (χ1n) is 8.07. The summed E-state index contributed by atoms with van der Waals surface area (Å²) in [5, 5.41) is 0. The first-order chi connectivity index (χ1) is 12.4. The average molecular weight is 383 g/mol. The van der Waals surface area contributed by atoms with E-state index in [0.29, 0.717) is 42.5 Å². The average Bonchev–Trinajstić information content (AvgIpc) is 3.13. The van der Waals surface area contributed by atoms with E-state index in [4.69, 9.17) is 9.47 Å². The summed E-state index contributed by atoms with van der Waals surface area (Å²) in [4.78, 5) is -0.268. The minimum absolute atomic E-state index is 0.268. The van der Waals surface area contributed by atoms with Crippen LogP contribution in [0, 0.1) is 11.6 Å². The number of halogens is 2. The minimum Gasteiger partial charge on any atom is -0.497 e. The smallest absolute Gasteiger partial charge is 0.243 e. The van der Waals surface area contributed by atoms with Crippen LogP contribution in [-0.4, -0.2) is 33.5 Å². The van der Waals surface area contributed by atoms with Crippen LogP contribution < -0.4 is 9.47 Å². The second-order valence-electron chi connectivity index (χ2n) is 5.96. The molecule has 1 aliphatic heterocycles. The second kappa shape index (κ2) is 7.20. The molecule has 1 atom stereocenters. The first-order valence-corrected chi connectivity index (χ1v) is 9.51. The lowest BCUT2D eigenvalue weighted by Crippen LogP contribution is -2.31. The Morgan fingerprint density at radius 1 is 1.04 bits per heavy atom. The maximum Gasteiger partial charge on any atom is 0.243 e. The standard InChI is InChI=1S/C18H19F2NO4S/c1-24-12-5-7-14(18(10-12)25-2)17-4-3-9-21(17)26(22,23)13-6-8-15(19)16(20)11-13/h5-8,10-11,17H,3-4,9H2,1-2H3/t17-/m0/s1. The molecule has 2 aromatic carbocycles. The number of nitrogens with zero attached hydrogens (tertiary/aromatic N) is 1. The highest BCUT2D eigenvalue weighted by molar-refractivity contribution is 7.89. The van der Waals surface area contributed by atoms with Crippen LogP contribution in [-0.2, 0) is 10.0 Å². The van der Waals surface area contributed by atoms with Gasteiger partial charge in [0.1, 0.15) is 11.5 Å². The molecule has 8 heteroatoms. The van der Waals surface area contributed by atoms with Crippen molar-refractivity contribution in [3.05, 3.63) is 53.6 Å². The molecule has 0 N–H and O–H groups in total. The molecule has 1 aliphatic rings. The minimum atomic E-state index is -3.98. The van der Waals surface area contributed by atoms with E-state index in [1.54, 1.807) is 18.2 Å². The van der Waals surface area contributed by atoms with E-state index >= 15 is 0 Å². The molecular formula is C18H19F2NO4S. The Bertz CT molecular complexity index is 917. The second-order valence-corrected chi connectivity index (χ2v) is 7.85. The molecule has 0 unspecified atom stereocenters. The van der Waals surface area contributed by atoms with Gasteiger partial charge in [0.15, 0.2) is 11.6 Å². The van der Waals surface area contributed by atoms with Crippen LogP contribution in [0.4, 0.5) is 8.78 Å². The normalized spacial score (nSPS) is 18.1. The van der Waals surface area contributed by atoms with Crippen LogP contribution in [0.1, 0.15) is 24.4 Å². The third-order valence-electron chi connectivity index (χ3n) is 4.50. The molecule has 0 spiro atoms. The van der Waals surface area contributed by atoms with Gasteiger partial charge in [0, 0.05) is 18.2 Å². The Kier molecular flexibility index (Phi) is 5.15. The van der Waals surface area contributed by atoms with Crippen molar-refractivity contribution in [1.29, 1.82) is 0 Å². The van der Waals surface area contributed by atoms with E-state index in [0.717, 1.165) is 12.1 Å². The number of ether oxygens (including phenoxy) is 2. The SMILES string of the molecule is COc1ccc([C@@H]2CCCN2S(=O)(=O)c2ccc(F)c(F)c2)c(OC)c1. The maximum atomic E-state index is 13.5. The number of methoxy groups -OCH3 is 2. The van der Waals surface area contributed by atoms with Crippen molar-refractivity contribution in [1.82, 2.24) is 4.31 Å². The van der Waals surface area contributed by atoms with Crippen molar-refractivity contribution in [2.45, 2.75) is 23.8 Å². The van der Waals surface area contributed by atoms with Crippen LogP contribution in [0.25, 0.3) is 0 Å². The quantitative estimate of drug-likeness (QED) is 0.793. The number of hydrogen-bond donors (Lipinski definition) is 0. The lowest BCUT2D eigenvalue weighted by molar-refractivity contribution is 0.361. The number of benzene rings is 2. The number of sulfonamides is 1. The molecule has 5 nitrogen and oxygen atoms in total. The molecule has 3 rings (SSSR count). The molecule has 0 bridgehead atoms. The van der Waals surface area contributed by atoms with Gasteiger partial charge in [0.2, 0.25) is 10.0 Å². The van der Waals surface area contributed by atoms with Crippen LogP contribution in [0.5, 0.6) is 11.5 Å². The summed E-state index contributed by atoms with van der Waals surface area (Å²) in [6.45, 7) is 0.293. The van der Waals surface area contributed by atoms with Gasteiger partial charge in [-0.25, -0.2) is 17.2 Å². The van der Waals surface area contributed by atoms with E-state index in [9.17, 15) is 17.2 Å². The van der Waals surface area contributed by atoms with E-state index in [1.165, 1.54) is 18.5 Å². The third kappa shape index (κ3) is 3.26. The summed E-state index contributed by atoms with van der Waals surface area (Å²) in [7, 11) is -0.943. The molecule has 0 aromatic heterocycles. The van der Waals surface area contributed by atoms with Crippen molar-refractivity contribution < 1.29 is 26.7 Å². The summed E-state index contributed by atoms with van der Waals surface area (Å²) >= 11 is 0. The molecule has 26 heavy (non-hydrogen) atoms. The third-order valence-corrected chi connectivity index (χ3v) is 6.41. The fourth-order valence-corrected chi connectivity index (χ4v) is 4.89. The highest BCUT2D eigenvalue weighted by Gasteiger charge is 2.37. The summed E-state index contributed by atoms with van der Waals surface area (Å²) in [5.74, 6) is -1.16. The van der Waals surface area contributed by atoms with Gasteiger partial charge in [-0.3, -0.25) is 0 Å². The maximum absolute atomic E-state index is 13.5. The summed E-state index contributed by atoms with van der Waals surface area (Å²) in [5.41, 5.74) is 0.706. The van der Waals surface area contributed by atoms with Crippen LogP contribution >= 0.6 is 0 Å². The number of hydrogen-bond acceptors (Lipinski definition) is 4. The van der Waals surface area contributed by atoms with Gasteiger partial charge in [0.05, 0.1) is 25.2 Å². The summed E-state index contributed by atoms with van der Waals surface area (Å²) in [6, 6.07) is 7.35. The van der Waals surface area contributed by atoms with Gasteiger partial charge < -0.3 is 9.47 Å². The highest BCUT2D eigenvalue weighted by atomic mass is 32.2. The van der Waals surface area contributed by atoms with Crippen LogP contribution in [0.2, 0.25) is 0 Å². The van der Waals surface area contributed by atoms with Crippen LogP contribution in [0.15, 0.2) is 41.3 Å². The van der Waals surface area contributed by atoms with Gasteiger partial charge >= 0.3 is 0 Å². The van der Waals surface area contributed by atoms with Crippen molar-refractivity contribution in [2.24, 2.45) is 0 Å². The fourth-order valence-electron chi connectivity index (χ4n) is 3.21. The molecule has 140 valence electrons. The Labute approximate surface area is 151 Å². The molecule has 1 saturated heterocycles. The van der Waals surface area contributed by atoms with Gasteiger partial charge in [-0.15, -0.1) is 0 Å². The lowest BCUT2D eigenvalue weighted by Gasteiger charge is -2.26. The Hall–Kier alpha value is -2.19.